The van der Waals surface area contributed by atoms with E-state index in [2.05, 4.69) is 15.9 Å². The quantitative estimate of drug-likeness (QED) is 0.875. The molecule has 0 saturated carbocycles. The van der Waals surface area contributed by atoms with E-state index in [1.807, 2.05) is 24.3 Å². The highest BCUT2D eigenvalue weighted by atomic mass is 79.9. The lowest BCUT2D eigenvalue weighted by Gasteiger charge is -2.14. The third-order valence-electron chi connectivity index (χ3n) is 2.76. The Morgan fingerprint density at radius 2 is 2.12 bits per heavy atom. The zero-order valence-electron chi connectivity index (χ0n) is 9.77. The maximum Gasteiger partial charge on any atom is 0.150 e. The molecule has 0 heterocycles. The van der Waals surface area contributed by atoms with Crippen molar-refractivity contribution in [2.24, 2.45) is 0 Å². The number of benzene rings is 1. The summed E-state index contributed by atoms with van der Waals surface area (Å²) in [6, 6.07) is 7.61. The highest BCUT2D eigenvalue weighted by Gasteiger charge is 2.15. The first-order valence-electron chi connectivity index (χ1n) is 5.55. The van der Waals surface area contributed by atoms with Gasteiger partial charge in [0.2, 0.25) is 0 Å². The number of aliphatic hydroxyl groups is 1. The van der Waals surface area contributed by atoms with Crippen LogP contribution in [-0.4, -0.2) is 31.6 Å². The molecular formula is C12H17BrO3S. The smallest absolute Gasteiger partial charge is 0.150 e. The van der Waals surface area contributed by atoms with E-state index in [-0.39, 0.29) is 24.0 Å². The molecule has 0 fully saturated rings. The number of rotatable bonds is 6. The summed E-state index contributed by atoms with van der Waals surface area (Å²) < 4.78 is 23.8. The van der Waals surface area contributed by atoms with E-state index in [0.29, 0.717) is 6.42 Å². The van der Waals surface area contributed by atoms with Crippen LogP contribution >= 0.6 is 15.9 Å². The van der Waals surface area contributed by atoms with Gasteiger partial charge in [-0.05, 0) is 24.1 Å². The largest absolute Gasteiger partial charge is 0.396 e. The zero-order valence-corrected chi connectivity index (χ0v) is 12.2. The molecular weight excluding hydrogens is 304 g/mol. The molecule has 0 aliphatic heterocycles. The maximum atomic E-state index is 11.4. The molecule has 0 saturated heterocycles. The Morgan fingerprint density at radius 1 is 1.41 bits per heavy atom. The van der Waals surface area contributed by atoms with Crippen LogP contribution in [0.3, 0.4) is 0 Å². The van der Waals surface area contributed by atoms with Gasteiger partial charge in [-0.2, -0.15) is 0 Å². The van der Waals surface area contributed by atoms with E-state index in [0.717, 1.165) is 10.0 Å². The normalized spacial score (nSPS) is 13.6. The molecule has 3 nitrogen and oxygen atoms in total. The minimum Gasteiger partial charge on any atom is -0.396 e. The number of hydrogen-bond donors (Lipinski definition) is 1. The molecule has 96 valence electrons. The van der Waals surface area contributed by atoms with Crippen LogP contribution in [0.1, 0.15) is 24.8 Å². The van der Waals surface area contributed by atoms with Crippen LogP contribution in [0, 0.1) is 0 Å². The van der Waals surface area contributed by atoms with Gasteiger partial charge in [0.25, 0.3) is 0 Å². The molecule has 1 N–H and O–H groups in total. The van der Waals surface area contributed by atoms with E-state index in [1.54, 1.807) is 6.92 Å². The Kier molecular flexibility index (Phi) is 5.62. The van der Waals surface area contributed by atoms with Gasteiger partial charge in [-0.15, -0.1) is 0 Å². The van der Waals surface area contributed by atoms with E-state index in [9.17, 15) is 13.5 Å². The molecule has 17 heavy (non-hydrogen) atoms. The summed E-state index contributed by atoms with van der Waals surface area (Å²) in [5, 5.41) is 9.33. The van der Waals surface area contributed by atoms with Gasteiger partial charge < -0.3 is 5.11 Å². The second kappa shape index (κ2) is 6.52. The van der Waals surface area contributed by atoms with Crippen molar-refractivity contribution in [3.63, 3.8) is 0 Å². The molecule has 1 unspecified atom stereocenters. The lowest BCUT2D eigenvalue weighted by Crippen LogP contribution is -2.14. The fourth-order valence-electron chi connectivity index (χ4n) is 1.59. The van der Waals surface area contributed by atoms with Crippen molar-refractivity contribution in [3.8, 4) is 0 Å². The number of sulfone groups is 1. The van der Waals surface area contributed by atoms with Gasteiger partial charge in [-0.25, -0.2) is 8.42 Å². The van der Waals surface area contributed by atoms with Crippen LogP contribution in [0.15, 0.2) is 28.7 Å². The SMILES string of the molecule is CCS(=O)(=O)CCC(CO)c1cccc(Br)c1. The Labute approximate surface area is 111 Å². The van der Waals surface area contributed by atoms with Crippen molar-refractivity contribution in [2.45, 2.75) is 19.3 Å². The van der Waals surface area contributed by atoms with Crippen molar-refractivity contribution >= 4 is 25.8 Å². The van der Waals surface area contributed by atoms with Gasteiger partial charge in [0.15, 0.2) is 0 Å². The average molecular weight is 321 g/mol. The minimum atomic E-state index is -2.97. The highest BCUT2D eigenvalue weighted by Crippen LogP contribution is 2.23. The monoisotopic (exact) mass is 320 g/mol. The summed E-state index contributed by atoms with van der Waals surface area (Å²) in [7, 11) is -2.97. The predicted molar refractivity (Wildman–Crippen MR) is 72.9 cm³/mol. The first kappa shape index (κ1) is 14.7. The topological polar surface area (TPSA) is 54.4 Å². The van der Waals surface area contributed by atoms with Gasteiger partial charge in [0.05, 0.1) is 5.75 Å². The van der Waals surface area contributed by atoms with Crippen LogP contribution in [-0.2, 0) is 9.84 Å². The molecule has 1 atom stereocenters. The number of aliphatic hydroxyl groups excluding tert-OH is 1. The summed E-state index contributed by atoms with van der Waals surface area (Å²) in [5.74, 6) is 0.166. The van der Waals surface area contributed by atoms with Crippen LogP contribution in [0.2, 0.25) is 0 Å². The number of hydrogen-bond acceptors (Lipinski definition) is 3. The molecule has 0 spiro atoms. The van der Waals surface area contributed by atoms with Gasteiger partial charge in [-0.3, -0.25) is 0 Å². The minimum absolute atomic E-state index is 0.0321. The molecule has 1 aromatic rings. The van der Waals surface area contributed by atoms with E-state index in [4.69, 9.17) is 0 Å². The van der Waals surface area contributed by atoms with Crippen LogP contribution < -0.4 is 0 Å². The van der Waals surface area contributed by atoms with Crippen LogP contribution in [0.4, 0.5) is 0 Å². The third kappa shape index (κ3) is 4.77. The third-order valence-corrected chi connectivity index (χ3v) is 4.99. The lowest BCUT2D eigenvalue weighted by molar-refractivity contribution is 0.262. The van der Waals surface area contributed by atoms with Crippen LogP contribution in [0.25, 0.3) is 0 Å². The molecule has 0 radical (unpaired) electrons. The standard InChI is InChI=1S/C12H17BrO3S/c1-2-17(15,16)7-6-11(9-14)10-4-3-5-12(13)8-10/h3-5,8,11,14H,2,6-7,9H2,1H3. The fourth-order valence-corrected chi connectivity index (χ4v) is 2.94. The van der Waals surface area contributed by atoms with E-state index < -0.39 is 9.84 Å². The van der Waals surface area contributed by atoms with Crippen molar-refractivity contribution in [2.75, 3.05) is 18.1 Å². The molecule has 0 aliphatic rings. The second-order valence-corrected chi connectivity index (χ2v) is 7.35. The summed E-state index contributed by atoms with van der Waals surface area (Å²) in [4.78, 5) is 0. The summed E-state index contributed by atoms with van der Waals surface area (Å²) >= 11 is 3.36. The second-order valence-electron chi connectivity index (χ2n) is 3.96. The highest BCUT2D eigenvalue weighted by molar-refractivity contribution is 9.10. The molecule has 5 heteroatoms. The molecule has 1 aromatic carbocycles. The summed E-state index contributed by atoms with van der Waals surface area (Å²) in [5.41, 5.74) is 0.966. The van der Waals surface area contributed by atoms with Crippen molar-refractivity contribution < 1.29 is 13.5 Å². The summed E-state index contributed by atoms with van der Waals surface area (Å²) in [6.45, 7) is 1.61. The van der Waals surface area contributed by atoms with Crippen molar-refractivity contribution in [3.05, 3.63) is 34.3 Å². The molecule has 0 amide bonds. The molecule has 0 aromatic heterocycles. The summed E-state index contributed by atoms with van der Waals surface area (Å²) in [6.07, 6.45) is 0.461. The Balaban J connectivity index is 2.73. The van der Waals surface area contributed by atoms with Gasteiger partial charge >= 0.3 is 0 Å². The van der Waals surface area contributed by atoms with Crippen LogP contribution in [0.5, 0.6) is 0 Å². The maximum absolute atomic E-state index is 11.4. The van der Waals surface area contributed by atoms with Crippen molar-refractivity contribution in [1.29, 1.82) is 0 Å². The fraction of sp³-hybridized carbons (Fsp3) is 0.500. The Morgan fingerprint density at radius 3 is 2.65 bits per heavy atom. The Hall–Kier alpha value is -0.390. The van der Waals surface area contributed by atoms with E-state index in [1.165, 1.54) is 0 Å². The van der Waals surface area contributed by atoms with Crippen molar-refractivity contribution in [1.82, 2.24) is 0 Å². The average Bonchev–Trinajstić information content (AvgIpc) is 2.30. The first-order valence-corrected chi connectivity index (χ1v) is 8.16. The lowest BCUT2D eigenvalue weighted by atomic mass is 9.98. The zero-order chi connectivity index (χ0) is 12.9. The molecule has 0 aliphatic carbocycles. The van der Waals surface area contributed by atoms with Gasteiger partial charge in [0, 0.05) is 22.8 Å². The number of halogens is 1. The molecule has 1 rings (SSSR count). The first-order chi connectivity index (χ1) is 7.98. The van der Waals surface area contributed by atoms with Gasteiger partial charge in [0.1, 0.15) is 9.84 Å². The van der Waals surface area contributed by atoms with E-state index >= 15 is 0 Å². The Bertz CT molecular complexity index is 457. The predicted octanol–water partition coefficient (Wildman–Crippen LogP) is 2.35. The molecule has 0 bridgehead atoms. The van der Waals surface area contributed by atoms with Gasteiger partial charge in [-0.1, -0.05) is 35.0 Å².